The summed E-state index contributed by atoms with van der Waals surface area (Å²) < 4.78 is 5.30. The van der Waals surface area contributed by atoms with Gasteiger partial charge in [-0.05, 0) is 37.8 Å². The number of amides is 1. The predicted octanol–water partition coefficient (Wildman–Crippen LogP) is 2.86. The van der Waals surface area contributed by atoms with E-state index in [9.17, 15) is 4.79 Å². The maximum atomic E-state index is 12.6. The van der Waals surface area contributed by atoms with Gasteiger partial charge in [-0.1, -0.05) is 26.0 Å². The third-order valence-corrected chi connectivity index (χ3v) is 5.01. The molecule has 0 saturated carbocycles. The van der Waals surface area contributed by atoms with E-state index in [2.05, 4.69) is 39.2 Å². The van der Waals surface area contributed by atoms with E-state index < -0.39 is 0 Å². The van der Waals surface area contributed by atoms with E-state index in [-0.39, 0.29) is 11.8 Å². The number of hydrogen-bond donors (Lipinski definition) is 1. The van der Waals surface area contributed by atoms with Gasteiger partial charge in [0.05, 0.1) is 24.2 Å². The number of piperidine rings is 1. The second kappa shape index (κ2) is 8.79. The number of aryl methyl sites for hydroxylation is 2. The third-order valence-electron chi connectivity index (χ3n) is 5.01. The summed E-state index contributed by atoms with van der Waals surface area (Å²) in [6.07, 6.45) is 3.22. The molecule has 0 unspecified atom stereocenters. The van der Waals surface area contributed by atoms with E-state index in [0.29, 0.717) is 17.4 Å². The molecule has 3 rings (SSSR count). The number of rotatable bonds is 6. The number of ether oxygens (including phenoxy) is 1. The van der Waals surface area contributed by atoms with Gasteiger partial charge >= 0.3 is 0 Å². The van der Waals surface area contributed by atoms with Gasteiger partial charge in [0.2, 0.25) is 11.9 Å². The first-order valence-corrected chi connectivity index (χ1v) is 9.57. The Morgan fingerprint density at radius 2 is 1.85 bits per heavy atom. The van der Waals surface area contributed by atoms with Crippen molar-refractivity contribution >= 4 is 17.5 Å². The second-order valence-electron chi connectivity index (χ2n) is 6.66. The highest BCUT2D eigenvalue weighted by Gasteiger charge is 2.27. The molecule has 2 heterocycles. The van der Waals surface area contributed by atoms with Gasteiger partial charge < -0.3 is 15.0 Å². The Hall–Kier alpha value is -2.70. The normalized spacial score (nSPS) is 14.9. The van der Waals surface area contributed by atoms with Crippen LogP contribution in [0, 0.1) is 5.92 Å². The van der Waals surface area contributed by atoms with Gasteiger partial charge in [-0.15, -0.1) is 5.10 Å². The van der Waals surface area contributed by atoms with Gasteiger partial charge in [0, 0.05) is 19.0 Å². The molecule has 0 radical (unpaired) electrons. The van der Waals surface area contributed by atoms with Crippen LogP contribution in [0.2, 0.25) is 0 Å². The fourth-order valence-electron chi connectivity index (χ4n) is 3.39. The standard InChI is InChI=1S/C20H27N5O2/c1-4-15-16(5-2)23-24-20(22-15)25-12-10-14(11-13-25)19(26)21-17-8-6-7-9-18(17)27-3/h6-9,14H,4-5,10-13H2,1-3H3,(H,21,26). The molecule has 1 saturated heterocycles. The molecule has 144 valence electrons. The molecular formula is C20H27N5O2. The van der Waals surface area contributed by atoms with Crippen LogP contribution in [0.15, 0.2) is 24.3 Å². The van der Waals surface area contributed by atoms with Gasteiger partial charge in [-0.3, -0.25) is 4.79 Å². The number of carbonyl (C=O) groups excluding carboxylic acids is 1. The van der Waals surface area contributed by atoms with Crippen molar-refractivity contribution in [3.05, 3.63) is 35.7 Å². The molecule has 1 aliphatic rings. The molecule has 27 heavy (non-hydrogen) atoms. The van der Waals surface area contributed by atoms with Crippen LogP contribution in [-0.4, -0.2) is 41.3 Å². The minimum Gasteiger partial charge on any atom is -0.495 e. The highest BCUT2D eigenvalue weighted by atomic mass is 16.5. The third kappa shape index (κ3) is 4.35. The van der Waals surface area contributed by atoms with E-state index in [4.69, 9.17) is 4.74 Å². The first kappa shape index (κ1) is 19.1. The molecule has 1 aliphatic heterocycles. The number of para-hydroxylation sites is 2. The van der Waals surface area contributed by atoms with Crippen molar-refractivity contribution in [1.82, 2.24) is 15.2 Å². The fraction of sp³-hybridized carbons (Fsp3) is 0.500. The maximum absolute atomic E-state index is 12.6. The number of nitrogens with one attached hydrogen (secondary N) is 1. The highest BCUT2D eigenvalue weighted by Crippen LogP contribution is 2.26. The van der Waals surface area contributed by atoms with E-state index >= 15 is 0 Å². The minimum atomic E-state index is -0.0281. The molecule has 1 N–H and O–H groups in total. The molecule has 0 bridgehead atoms. The number of anilines is 2. The highest BCUT2D eigenvalue weighted by molar-refractivity contribution is 5.94. The number of aromatic nitrogens is 3. The van der Waals surface area contributed by atoms with E-state index in [0.717, 1.165) is 50.2 Å². The summed E-state index contributed by atoms with van der Waals surface area (Å²) in [4.78, 5) is 19.4. The quantitative estimate of drug-likeness (QED) is 0.843. The summed E-state index contributed by atoms with van der Waals surface area (Å²) in [5.74, 6) is 1.35. The van der Waals surface area contributed by atoms with Crippen LogP contribution < -0.4 is 15.0 Å². The molecule has 1 amide bonds. The molecule has 1 aromatic heterocycles. The van der Waals surface area contributed by atoms with Crippen molar-refractivity contribution in [3.63, 3.8) is 0 Å². The van der Waals surface area contributed by atoms with Crippen molar-refractivity contribution in [3.8, 4) is 5.75 Å². The smallest absolute Gasteiger partial charge is 0.245 e. The summed E-state index contributed by atoms with van der Waals surface area (Å²) in [5, 5.41) is 11.6. The molecule has 2 aromatic rings. The molecular weight excluding hydrogens is 342 g/mol. The Morgan fingerprint density at radius 3 is 2.52 bits per heavy atom. The van der Waals surface area contributed by atoms with E-state index in [1.54, 1.807) is 7.11 Å². The zero-order valence-electron chi connectivity index (χ0n) is 16.2. The summed E-state index contributed by atoms with van der Waals surface area (Å²) in [6, 6.07) is 7.46. The van der Waals surface area contributed by atoms with Crippen molar-refractivity contribution in [1.29, 1.82) is 0 Å². The van der Waals surface area contributed by atoms with Crippen LogP contribution in [0.5, 0.6) is 5.75 Å². The Balaban J connectivity index is 1.61. The van der Waals surface area contributed by atoms with Crippen LogP contribution in [0.3, 0.4) is 0 Å². The Bertz CT molecular complexity index is 788. The first-order valence-electron chi connectivity index (χ1n) is 9.57. The zero-order valence-corrected chi connectivity index (χ0v) is 16.2. The van der Waals surface area contributed by atoms with Crippen molar-refractivity contribution in [2.45, 2.75) is 39.5 Å². The molecule has 7 heteroatoms. The monoisotopic (exact) mass is 369 g/mol. The Morgan fingerprint density at radius 1 is 1.15 bits per heavy atom. The van der Waals surface area contributed by atoms with E-state index in [1.165, 1.54) is 0 Å². The molecule has 0 spiro atoms. The van der Waals surface area contributed by atoms with Crippen LogP contribution in [-0.2, 0) is 17.6 Å². The predicted molar refractivity (Wildman–Crippen MR) is 105 cm³/mol. The lowest BCUT2D eigenvalue weighted by Gasteiger charge is -2.31. The SMILES string of the molecule is CCc1nnc(N2CCC(C(=O)Nc3ccccc3OC)CC2)nc1CC. The first-order chi connectivity index (χ1) is 13.2. The number of benzene rings is 1. The Labute approximate surface area is 160 Å². The lowest BCUT2D eigenvalue weighted by molar-refractivity contribution is -0.120. The lowest BCUT2D eigenvalue weighted by atomic mass is 9.96. The number of methoxy groups -OCH3 is 1. The largest absolute Gasteiger partial charge is 0.495 e. The van der Waals surface area contributed by atoms with Crippen LogP contribution in [0.1, 0.15) is 38.1 Å². The van der Waals surface area contributed by atoms with Crippen LogP contribution in [0.25, 0.3) is 0 Å². The molecule has 1 aromatic carbocycles. The average molecular weight is 369 g/mol. The van der Waals surface area contributed by atoms with Gasteiger partial charge in [0.1, 0.15) is 5.75 Å². The molecule has 0 atom stereocenters. The van der Waals surface area contributed by atoms with Gasteiger partial charge in [0.15, 0.2) is 0 Å². The summed E-state index contributed by atoms with van der Waals surface area (Å²) >= 11 is 0. The Kier molecular flexibility index (Phi) is 6.21. The summed E-state index contributed by atoms with van der Waals surface area (Å²) in [6.45, 7) is 5.65. The van der Waals surface area contributed by atoms with Crippen molar-refractivity contribution in [2.75, 3.05) is 30.4 Å². The van der Waals surface area contributed by atoms with Gasteiger partial charge in [0.25, 0.3) is 0 Å². The maximum Gasteiger partial charge on any atom is 0.245 e. The summed E-state index contributed by atoms with van der Waals surface area (Å²) in [7, 11) is 1.60. The number of carbonyl (C=O) groups is 1. The van der Waals surface area contributed by atoms with Gasteiger partial charge in [-0.25, -0.2) is 4.98 Å². The fourth-order valence-corrected chi connectivity index (χ4v) is 3.39. The van der Waals surface area contributed by atoms with Gasteiger partial charge in [-0.2, -0.15) is 5.10 Å². The molecule has 1 fully saturated rings. The number of nitrogens with zero attached hydrogens (tertiary/aromatic N) is 4. The van der Waals surface area contributed by atoms with Crippen LogP contribution >= 0.6 is 0 Å². The van der Waals surface area contributed by atoms with Crippen molar-refractivity contribution in [2.24, 2.45) is 5.92 Å². The number of hydrogen-bond acceptors (Lipinski definition) is 6. The van der Waals surface area contributed by atoms with Crippen LogP contribution in [0.4, 0.5) is 11.6 Å². The lowest BCUT2D eigenvalue weighted by Crippen LogP contribution is -2.39. The second-order valence-corrected chi connectivity index (χ2v) is 6.66. The topological polar surface area (TPSA) is 80.2 Å². The molecule has 0 aliphatic carbocycles. The van der Waals surface area contributed by atoms with Crippen molar-refractivity contribution < 1.29 is 9.53 Å². The average Bonchev–Trinajstić information content (AvgIpc) is 2.73. The zero-order chi connectivity index (χ0) is 19.2. The minimum absolute atomic E-state index is 0.0281. The summed E-state index contributed by atoms with van der Waals surface area (Å²) in [5.41, 5.74) is 2.69. The molecule has 7 nitrogen and oxygen atoms in total. The van der Waals surface area contributed by atoms with E-state index in [1.807, 2.05) is 24.3 Å².